The van der Waals surface area contributed by atoms with Crippen molar-refractivity contribution in [2.45, 2.75) is 6.54 Å². The molecule has 0 amide bonds. The average Bonchev–Trinajstić information content (AvgIpc) is 3.25. The van der Waals surface area contributed by atoms with E-state index in [0.29, 0.717) is 6.54 Å². The lowest BCUT2D eigenvalue weighted by atomic mass is 10.1. The van der Waals surface area contributed by atoms with Gasteiger partial charge in [-0.2, -0.15) is 5.10 Å². The SMILES string of the molecule is C(=N\n1c(-c2ccccc2)csc1=NCc1ccccc1)/c1cccc2ccccc12. The molecule has 5 aromatic rings. The summed E-state index contributed by atoms with van der Waals surface area (Å²) in [5.41, 5.74) is 4.43. The summed E-state index contributed by atoms with van der Waals surface area (Å²) in [5, 5.41) is 9.40. The fourth-order valence-electron chi connectivity index (χ4n) is 3.55. The van der Waals surface area contributed by atoms with E-state index in [0.717, 1.165) is 21.6 Å². The van der Waals surface area contributed by atoms with Crippen molar-refractivity contribution in [1.29, 1.82) is 0 Å². The first-order valence-corrected chi connectivity index (χ1v) is 11.1. The largest absolute Gasteiger partial charge is 0.253 e. The molecule has 0 aliphatic carbocycles. The van der Waals surface area contributed by atoms with Crippen molar-refractivity contribution in [2.75, 3.05) is 0 Å². The predicted octanol–water partition coefficient (Wildman–Crippen LogP) is 6.35. The topological polar surface area (TPSA) is 29.6 Å². The molecular formula is C27H21N3S. The van der Waals surface area contributed by atoms with Crippen molar-refractivity contribution in [1.82, 2.24) is 4.68 Å². The van der Waals surface area contributed by atoms with Gasteiger partial charge in [-0.15, -0.1) is 11.3 Å². The Bertz CT molecular complexity index is 1390. The molecule has 0 aliphatic rings. The van der Waals surface area contributed by atoms with Crippen molar-refractivity contribution in [2.24, 2.45) is 10.1 Å². The fraction of sp³-hybridized carbons (Fsp3) is 0.0370. The summed E-state index contributed by atoms with van der Waals surface area (Å²) < 4.78 is 1.95. The fourth-order valence-corrected chi connectivity index (χ4v) is 4.39. The Kier molecular flexibility index (Phi) is 5.54. The molecule has 0 saturated heterocycles. The number of aromatic nitrogens is 1. The number of fused-ring (bicyclic) bond motifs is 1. The second-order valence-electron chi connectivity index (χ2n) is 7.20. The van der Waals surface area contributed by atoms with Gasteiger partial charge >= 0.3 is 0 Å². The van der Waals surface area contributed by atoms with Crippen molar-refractivity contribution in [3.8, 4) is 11.3 Å². The smallest absolute Gasteiger partial charge is 0.206 e. The standard InChI is InChI=1S/C27H21N3S/c1-3-10-21(11-4-1)18-28-27-30(26(20-31-27)23-13-5-2-6-14-23)29-19-24-16-9-15-22-12-7-8-17-25(22)24/h1-17,19-20H,18H2/b28-27?,29-19+. The van der Waals surface area contributed by atoms with Crippen LogP contribution in [0, 0.1) is 0 Å². The normalized spacial score (nSPS) is 12.1. The number of hydrogen-bond acceptors (Lipinski definition) is 3. The second kappa shape index (κ2) is 8.94. The highest BCUT2D eigenvalue weighted by atomic mass is 32.1. The van der Waals surface area contributed by atoms with Crippen LogP contribution in [0.5, 0.6) is 0 Å². The zero-order valence-electron chi connectivity index (χ0n) is 16.9. The molecule has 0 radical (unpaired) electrons. The molecule has 0 aliphatic heterocycles. The van der Waals surface area contributed by atoms with Gasteiger partial charge in [0.2, 0.25) is 4.80 Å². The zero-order chi connectivity index (χ0) is 20.9. The van der Waals surface area contributed by atoms with Crippen LogP contribution >= 0.6 is 11.3 Å². The van der Waals surface area contributed by atoms with E-state index in [4.69, 9.17) is 10.1 Å². The number of nitrogens with zero attached hydrogens (tertiary/aromatic N) is 3. The molecule has 3 nitrogen and oxygen atoms in total. The monoisotopic (exact) mass is 419 g/mol. The lowest BCUT2D eigenvalue weighted by Gasteiger charge is -2.05. The Balaban J connectivity index is 1.60. The summed E-state index contributed by atoms with van der Waals surface area (Å²) in [6, 6.07) is 35.3. The Labute approximate surface area is 185 Å². The van der Waals surface area contributed by atoms with Crippen LogP contribution in [-0.4, -0.2) is 10.9 Å². The number of hydrogen-bond donors (Lipinski definition) is 0. The third-order valence-electron chi connectivity index (χ3n) is 5.13. The molecule has 4 aromatic carbocycles. The third-order valence-corrected chi connectivity index (χ3v) is 5.98. The Morgan fingerprint density at radius 3 is 2.29 bits per heavy atom. The van der Waals surface area contributed by atoms with E-state index in [1.807, 2.05) is 47.3 Å². The van der Waals surface area contributed by atoms with Gasteiger partial charge in [-0.3, -0.25) is 4.99 Å². The van der Waals surface area contributed by atoms with Crippen LogP contribution < -0.4 is 4.80 Å². The first-order valence-electron chi connectivity index (χ1n) is 10.2. The van der Waals surface area contributed by atoms with Gasteiger partial charge in [-0.05, 0) is 16.3 Å². The van der Waals surface area contributed by atoms with Crippen LogP contribution in [0.2, 0.25) is 0 Å². The highest BCUT2D eigenvalue weighted by Gasteiger charge is 2.07. The van der Waals surface area contributed by atoms with E-state index >= 15 is 0 Å². The van der Waals surface area contributed by atoms with E-state index in [9.17, 15) is 0 Å². The third kappa shape index (κ3) is 4.25. The molecule has 0 unspecified atom stereocenters. The first-order chi connectivity index (χ1) is 15.4. The van der Waals surface area contributed by atoms with Crippen molar-refractivity contribution in [3.63, 3.8) is 0 Å². The van der Waals surface area contributed by atoms with E-state index in [1.54, 1.807) is 11.3 Å². The second-order valence-corrected chi connectivity index (χ2v) is 8.03. The average molecular weight is 420 g/mol. The summed E-state index contributed by atoms with van der Waals surface area (Å²) in [5.74, 6) is 0. The van der Waals surface area contributed by atoms with Crippen LogP contribution in [0.4, 0.5) is 0 Å². The minimum absolute atomic E-state index is 0.624. The quantitative estimate of drug-likeness (QED) is 0.297. The lowest BCUT2D eigenvalue weighted by molar-refractivity contribution is 0.824. The molecule has 5 rings (SSSR count). The van der Waals surface area contributed by atoms with E-state index in [2.05, 4.69) is 72.1 Å². The van der Waals surface area contributed by atoms with Crippen LogP contribution in [0.1, 0.15) is 11.1 Å². The van der Waals surface area contributed by atoms with Gasteiger partial charge in [0, 0.05) is 16.5 Å². The molecule has 0 fully saturated rings. The Morgan fingerprint density at radius 2 is 1.45 bits per heavy atom. The molecule has 0 atom stereocenters. The molecular weight excluding hydrogens is 398 g/mol. The maximum Gasteiger partial charge on any atom is 0.206 e. The number of benzene rings is 4. The van der Waals surface area contributed by atoms with Crippen LogP contribution in [-0.2, 0) is 6.54 Å². The van der Waals surface area contributed by atoms with Crippen molar-refractivity contribution < 1.29 is 0 Å². The van der Waals surface area contributed by atoms with Crippen molar-refractivity contribution in [3.05, 3.63) is 124 Å². The van der Waals surface area contributed by atoms with Crippen LogP contribution in [0.25, 0.3) is 22.0 Å². The molecule has 150 valence electrons. The van der Waals surface area contributed by atoms with E-state index in [1.165, 1.54) is 16.3 Å². The summed E-state index contributed by atoms with van der Waals surface area (Å²) >= 11 is 1.61. The van der Waals surface area contributed by atoms with Gasteiger partial charge < -0.3 is 0 Å². The van der Waals surface area contributed by atoms with Gasteiger partial charge in [0.15, 0.2) is 0 Å². The number of thiazole rings is 1. The minimum atomic E-state index is 0.624. The molecule has 1 aromatic heterocycles. The number of rotatable bonds is 5. The molecule has 0 saturated carbocycles. The molecule has 0 N–H and O–H groups in total. The Hall–Kier alpha value is -3.76. The molecule has 31 heavy (non-hydrogen) atoms. The molecule has 1 heterocycles. The lowest BCUT2D eigenvalue weighted by Crippen LogP contribution is -2.12. The van der Waals surface area contributed by atoms with Crippen LogP contribution in [0.15, 0.2) is 119 Å². The highest BCUT2D eigenvalue weighted by molar-refractivity contribution is 7.07. The Morgan fingerprint density at radius 1 is 0.742 bits per heavy atom. The summed E-state index contributed by atoms with van der Waals surface area (Å²) in [7, 11) is 0. The minimum Gasteiger partial charge on any atom is -0.253 e. The highest BCUT2D eigenvalue weighted by Crippen LogP contribution is 2.21. The van der Waals surface area contributed by atoms with Crippen LogP contribution in [0.3, 0.4) is 0 Å². The summed E-state index contributed by atoms with van der Waals surface area (Å²) in [4.78, 5) is 5.74. The van der Waals surface area contributed by atoms with Gasteiger partial charge in [0.1, 0.15) is 0 Å². The maximum absolute atomic E-state index is 4.88. The van der Waals surface area contributed by atoms with Crippen molar-refractivity contribution >= 4 is 28.3 Å². The maximum atomic E-state index is 4.88. The van der Waals surface area contributed by atoms with Gasteiger partial charge in [0.05, 0.1) is 18.5 Å². The predicted molar refractivity (Wildman–Crippen MR) is 130 cm³/mol. The van der Waals surface area contributed by atoms with E-state index < -0.39 is 0 Å². The van der Waals surface area contributed by atoms with Gasteiger partial charge in [0.25, 0.3) is 0 Å². The first kappa shape index (κ1) is 19.2. The molecule has 0 spiro atoms. The summed E-state index contributed by atoms with van der Waals surface area (Å²) in [6.45, 7) is 0.624. The van der Waals surface area contributed by atoms with Gasteiger partial charge in [-0.25, -0.2) is 4.68 Å². The molecule has 4 heteroatoms. The van der Waals surface area contributed by atoms with E-state index in [-0.39, 0.29) is 0 Å². The summed E-state index contributed by atoms with van der Waals surface area (Å²) in [6.07, 6.45) is 1.93. The molecule has 0 bridgehead atoms. The zero-order valence-corrected chi connectivity index (χ0v) is 17.7. The van der Waals surface area contributed by atoms with Gasteiger partial charge in [-0.1, -0.05) is 103 Å².